The van der Waals surface area contributed by atoms with Gasteiger partial charge in [0.2, 0.25) is 0 Å². The molecule has 1 aromatic heterocycles. The van der Waals surface area contributed by atoms with Crippen molar-refractivity contribution in [3.8, 4) is 0 Å². The average molecular weight is 640 g/mol. The Kier molecular flexibility index (Phi) is 9.05. The fourth-order valence-corrected chi connectivity index (χ4v) is 6.88. The second kappa shape index (κ2) is 12.5. The number of nitrogens with one attached hydrogen (secondary N) is 1. The van der Waals surface area contributed by atoms with E-state index in [9.17, 15) is 36.2 Å². The zero-order chi connectivity index (χ0) is 32.7. The van der Waals surface area contributed by atoms with Crippen molar-refractivity contribution >= 4 is 17.6 Å². The molecule has 244 valence electrons. The molecule has 0 bridgehead atoms. The number of carboxylic acids is 1. The van der Waals surface area contributed by atoms with Gasteiger partial charge in [-0.2, -0.15) is 26.3 Å². The third-order valence-corrected chi connectivity index (χ3v) is 8.90. The molecule has 2 heterocycles. The van der Waals surface area contributed by atoms with E-state index in [0.29, 0.717) is 38.1 Å². The highest BCUT2D eigenvalue weighted by molar-refractivity contribution is 5.70. The molecule has 0 radical (unpaired) electrons. The maximum absolute atomic E-state index is 13.7. The number of carbonyl (C=O) groups is 1. The predicted octanol–water partition coefficient (Wildman–Crippen LogP) is 6.52. The van der Waals surface area contributed by atoms with Crippen LogP contribution in [0.1, 0.15) is 77.9 Å². The molecule has 2 aromatic carbocycles. The Hall–Kier alpha value is -3.84. The quantitative estimate of drug-likeness (QED) is 0.226. The highest BCUT2D eigenvalue weighted by Gasteiger charge is 2.39. The highest BCUT2D eigenvalue weighted by Crippen LogP contribution is 2.43. The Balaban J connectivity index is 1.55. The first-order valence-electron chi connectivity index (χ1n) is 15.0. The number of aliphatic carboxylic acids is 1. The number of H-pyrrole nitrogens is 1. The molecule has 1 fully saturated rings. The van der Waals surface area contributed by atoms with E-state index in [2.05, 4.69) is 26.4 Å². The lowest BCUT2D eigenvalue weighted by atomic mass is 9.81. The van der Waals surface area contributed by atoms with E-state index in [1.807, 2.05) is 19.9 Å². The van der Waals surface area contributed by atoms with E-state index in [4.69, 9.17) is 0 Å². The average Bonchev–Trinajstić information content (AvgIpc) is 3.30. The van der Waals surface area contributed by atoms with Crippen molar-refractivity contribution in [2.75, 3.05) is 22.9 Å². The van der Waals surface area contributed by atoms with Gasteiger partial charge in [-0.3, -0.25) is 4.79 Å². The van der Waals surface area contributed by atoms with Gasteiger partial charge in [0.1, 0.15) is 7.05 Å². The van der Waals surface area contributed by atoms with E-state index in [0.717, 1.165) is 53.9 Å². The van der Waals surface area contributed by atoms with Crippen LogP contribution in [0.3, 0.4) is 0 Å². The lowest BCUT2D eigenvalue weighted by Gasteiger charge is -2.35. The van der Waals surface area contributed by atoms with E-state index >= 15 is 0 Å². The summed E-state index contributed by atoms with van der Waals surface area (Å²) in [5, 5.41) is 20.7. The summed E-state index contributed by atoms with van der Waals surface area (Å²) < 4.78 is 82.5. The lowest BCUT2D eigenvalue weighted by molar-refractivity contribution is -0.783. The van der Waals surface area contributed by atoms with Gasteiger partial charge < -0.3 is 14.9 Å². The van der Waals surface area contributed by atoms with Gasteiger partial charge in [-0.1, -0.05) is 22.5 Å². The van der Waals surface area contributed by atoms with Gasteiger partial charge in [0.25, 0.3) is 0 Å². The van der Waals surface area contributed by atoms with Gasteiger partial charge in [0.15, 0.2) is 0 Å². The Morgan fingerprint density at radius 2 is 1.64 bits per heavy atom. The number of carboxylic acid groups (broad SMARTS) is 1. The molecule has 0 spiro atoms. The maximum atomic E-state index is 13.7. The van der Waals surface area contributed by atoms with Gasteiger partial charge in [-0.15, -0.1) is 0 Å². The van der Waals surface area contributed by atoms with Crippen molar-refractivity contribution in [2.45, 2.75) is 77.3 Å². The minimum absolute atomic E-state index is 0.135. The second-order valence-corrected chi connectivity index (χ2v) is 12.4. The zero-order valence-corrected chi connectivity index (χ0v) is 25.3. The smallest absolute Gasteiger partial charge is 0.416 e. The monoisotopic (exact) mass is 639 g/mol. The van der Waals surface area contributed by atoms with Crippen molar-refractivity contribution in [3.63, 3.8) is 0 Å². The fourth-order valence-electron chi connectivity index (χ4n) is 6.88. The minimum atomic E-state index is -4.97. The normalized spacial score (nSPS) is 20.9. The van der Waals surface area contributed by atoms with Crippen molar-refractivity contribution < 1.29 is 41.0 Å². The number of halogens is 6. The van der Waals surface area contributed by atoms with Gasteiger partial charge >= 0.3 is 24.3 Å². The molecule has 3 aromatic rings. The first kappa shape index (κ1) is 32.6. The van der Waals surface area contributed by atoms with Crippen LogP contribution in [0, 0.1) is 25.7 Å². The molecule has 0 amide bonds. The van der Waals surface area contributed by atoms with Crippen molar-refractivity contribution in [3.05, 3.63) is 63.7 Å². The molecule has 1 atom stereocenters. The summed E-state index contributed by atoms with van der Waals surface area (Å²) in [6, 6.07) is 5.29. The number of anilines is 2. The van der Waals surface area contributed by atoms with Crippen LogP contribution in [0.4, 0.5) is 38.0 Å². The van der Waals surface area contributed by atoms with Crippen molar-refractivity contribution in [2.24, 2.45) is 18.9 Å². The van der Waals surface area contributed by atoms with Crippen LogP contribution in [0.5, 0.6) is 0 Å². The summed E-state index contributed by atoms with van der Waals surface area (Å²) in [6.07, 6.45) is -5.82. The molecule has 2 N–H and O–H groups in total. The number of alkyl halides is 6. The largest absolute Gasteiger partial charge is 0.481 e. The molecule has 1 unspecified atom stereocenters. The number of nitrogens with zero attached hydrogens (tertiary/aromatic N) is 5. The zero-order valence-electron chi connectivity index (χ0n) is 25.3. The number of hydrogen-bond donors (Lipinski definition) is 2. The molecule has 8 nitrogen and oxygen atoms in total. The van der Waals surface area contributed by atoms with Crippen LogP contribution in [0.2, 0.25) is 0 Å². The molecule has 2 aliphatic rings. The third-order valence-electron chi connectivity index (χ3n) is 8.90. The predicted molar refractivity (Wildman–Crippen MR) is 153 cm³/mol. The van der Waals surface area contributed by atoms with Crippen molar-refractivity contribution in [1.29, 1.82) is 0 Å². The van der Waals surface area contributed by atoms with Crippen molar-refractivity contribution in [1.82, 2.24) is 15.4 Å². The number of tetrazole rings is 1. The number of aromatic nitrogens is 4. The summed E-state index contributed by atoms with van der Waals surface area (Å²) in [5.41, 5.74) is 0.961. The summed E-state index contributed by atoms with van der Waals surface area (Å²) in [6.45, 7) is 5.09. The van der Waals surface area contributed by atoms with E-state index in [-0.39, 0.29) is 30.0 Å². The van der Waals surface area contributed by atoms with Gasteiger partial charge in [-0.25, -0.2) is 0 Å². The number of fused-ring (bicyclic) bond motifs is 1. The summed E-state index contributed by atoms with van der Waals surface area (Å²) >= 11 is 0. The molecular weight excluding hydrogens is 602 g/mol. The first-order valence-corrected chi connectivity index (χ1v) is 15.0. The Labute approximate surface area is 257 Å². The van der Waals surface area contributed by atoms with Gasteiger partial charge in [0.05, 0.1) is 28.2 Å². The van der Waals surface area contributed by atoms with E-state index < -0.39 is 35.5 Å². The first-order chi connectivity index (χ1) is 21.1. The number of aryl methyl sites for hydroxylation is 3. The standard InChI is InChI=1S/C31H36F6N6O2/c1-18-11-19(2)27-25(12-18)26(5-4-10-42(27)16-20-6-8-22(9-7-20)28(44)45)43(29-38-40-41(3)39-29)17-21-13-23(30(32,33)34)15-24(14-21)31(35,36)37/h11-15,20,22,26H,4-10,16-17H2,1-3H3,(H,44,45)/p+1. The molecule has 1 saturated carbocycles. The molecule has 1 aliphatic carbocycles. The second-order valence-electron chi connectivity index (χ2n) is 12.4. The molecule has 0 saturated heterocycles. The SMILES string of the molecule is Cc1cc(C)c2c(c1)C(N(Cc1cc(C(F)(F)F)cc(C(F)(F)F)c1)c1n[nH][n+](C)n1)CCCN2CC1CCC(C(=O)O)CC1. The van der Waals surface area contributed by atoms with Crippen LogP contribution in [-0.4, -0.2) is 39.6 Å². The third kappa shape index (κ3) is 7.36. The lowest BCUT2D eigenvalue weighted by Crippen LogP contribution is -2.35. The van der Waals surface area contributed by atoms with Gasteiger partial charge in [0, 0.05) is 30.4 Å². The Bertz CT molecular complexity index is 1500. The highest BCUT2D eigenvalue weighted by atomic mass is 19.4. The maximum Gasteiger partial charge on any atom is 0.416 e. The summed E-state index contributed by atoms with van der Waals surface area (Å²) in [5.74, 6) is -0.624. The number of benzene rings is 2. The van der Waals surface area contributed by atoms with Crippen LogP contribution in [0.15, 0.2) is 30.3 Å². The Morgan fingerprint density at radius 1 is 1.00 bits per heavy atom. The van der Waals surface area contributed by atoms with Gasteiger partial charge in [-0.05, 0) is 98.4 Å². The van der Waals surface area contributed by atoms with E-state index in [1.54, 1.807) is 11.9 Å². The molecular formula is C31H37F6N6O2+. The Morgan fingerprint density at radius 3 is 2.20 bits per heavy atom. The number of hydrogen-bond acceptors (Lipinski definition) is 5. The van der Waals surface area contributed by atoms with Crippen LogP contribution in [0.25, 0.3) is 0 Å². The minimum Gasteiger partial charge on any atom is -0.481 e. The topological polar surface area (TPSA) is 89.2 Å². The number of rotatable bonds is 7. The fraction of sp³-hybridized carbons (Fsp3) is 0.548. The molecule has 5 rings (SSSR count). The molecule has 14 heteroatoms. The van der Waals surface area contributed by atoms with Crippen LogP contribution in [-0.2, 0) is 30.7 Å². The van der Waals surface area contributed by atoms with E-state index in [1.165, 1.54) is 4.80 Å². The molecule has 1 aliphatic heterocycles. The molecule has 45 heavy (non-hydrogen) atoms. The van der Waals surface area contributed by atoms with Crippen LogP contribution >= 0.6 is 0 Å². The summed E-state index contributed by atoms with van der Waals surface area (Å²) in [4.78, 5) is 16.8. The summed E-state index contributed by atoms with van der Waals surface area (Å²) in [7, 11) is 1.59. The number of aromatic amines is 1. The van der Waals surface area contributed by atoms with Crippen LogP contribution < -0.4 is 14.6 Å².